The number of hydrogen-bond acceptors (Lipinski definition) is 3. The molecule has 4 nitrogen and oxygen atoms in total. The molecule has 9 heteroatoms. The molecule has 32 heavy (non-hydrogen) atoms. The van der Waals surface area contributed by atoms with E-state index in [0.717, 1.165) is 17.7 Å². The van der Waals surface area contributed by atoms with E-state index in [1.807, 2.05) is 0 Å². The van der Waals surface area contributed by atoms with Crippen LogP contribution in [-0.2, 0) is 11.0 Å². The first-order valence-electron chi connectivity index (χ1n) is 9.50. The highest BCUT2D eigenvalue weighted by Crippen LogP contribution is 2.42. The molecule has 1 aliphatic rings. The SMILES string of the molecule is O=C(Nc1ccc(C2SCC(=O)N2c2ccc(C(F)(F)F)cc2)cc1)c1ccc(F)cc1. The van der Waals surface area contributed by atoms with Crippen LogP contribution in [0.1, 0.15) is 26.9 Å². The molecule has 1 heterocycles. The largest absolute Gasteiger partial charge is 0.416 e. The topological polar surface area (TPSA) is 49.4 Å². The van der Waals surface area contributed by atoms with Crippen LogP contribution in [0.3, 0.4) is 0 Å². The number of nitrogens with zero attached hydrogens (tertiary/aromatic N) is 1. The van der Waals surface area contributed by atoms with Crippen molar-refractivity contribution in [1.82, 2.24) is 0 Å². The third-order valence-electron chi connectivity index (χ3n) is 4.90. The molecule has 2 amide bonds. The van der Waals surface area contributed by atoms with Crippen LogP contribution in [0.25, 0.3) is 0 Å². The molecule has 164 valence electrons. The first-order valence-corrected chi connectivity index (χ1v) is 10.5. The normalized spacial score (nSPS) is 16.3. The monoisotopic (exact) mass is 460 g/mol. The molecule has 1 aliphatic heterocycles. The average Bonchev–Trinajstić information content (AvgIpc) is 3.15. The standard InChI is InChI=1S/C23H16F4N2O2S/c24-17-7-1-14(2-8-17)21(31)28-18-9-3-15(4-10-18)22-29(20(30)13-32-22)19-11-5-16(6-12-19)23(25,26)27/h1-12,22H,13H2,(H,28,31). The van der Waals surface area contributed by atoms with Crippen LogP contribution in [0, 0.1) is 5.82 Å². The molecule has 0 aromatic heterocycles. The number of halogens is 4. The fraction of sp³-hybridized carbons (Fsp3) is 0.130. The van der Waals surface area contributed by atoms with Crippen LogP contribution >= 0.6 is 11.8 Å². The molecule has 1 atom stereocenters. The summed E-state index contributed by atoms with van der Waals surface area (Å²) in [5.74, 6) is -0.829. The Kier molecular flexibility index (Phi) is 5.92. The molecule has 4 rings (SSSR count). The zero-order valence-corrected chi connectivity index (χ0v) is 17.2. The minimum Gasteiger partial charge on any atom is -0.322 e. The second-order valence-electron chi connectivity index (χ2n) is 7.05. The maximum atomic E-state index is 13.0. The Morgan fingerprint density at radius 2 is 1.56 bits per heavy atom. The van der Waals surface area contributed by atoms with Crippen molar-refractivity contribution in [2.45, 2.75) is 11.6 Å². The second-order valence-corrected chi connectivity index (χ2v) is 8.12. The summed E-state index contributed by atoms with van der Waals surface area (Å²) in [6.45, 7) is 0. The third kappa shape index (κ3) is 4.62. The molecule has 0 aliphatic carbocycles. The van der Waals surface area contributed by atoms with Crippen LogP contribution in [0.4, 0.5) is 28.9 Å². The van der Waals surface area contributed by atoms with E-state index >= 15 is 0 Å². The highest BCUT2D eigenvalue weighted by Gasteiger charge is 2.35. The van der Waals surface area contributed by atoms with Gasteiger partial charge >= 0.3 is 6.18 Å². The predicted octanol–water partition coefficient (Wildman–Crippen LogP) is 5.88. The number of benzene rings is 3. The lowest BCUT2D eigenvalue weighted by atomic mass is 10.1. The number of carbonyl (C=O) groups is 2. The van der Waals surface area contributed by atoms with E-state index in [9.17, 15) is 27.2 Å². The van der Waals surface area contributed by atoms with Gasteiger partial charge in [0.2, 0.25) is 5.91 Å². The lowest BCUT2D eigenvalue weighted by molar-refractivity contribution is -0.137. The van der Waals surface area contributed by atoms with Crippen molar-refractivity contribution < 1.29 is 27.2 Å². The predicted molar refractivity (Wildman–Crippen MR) is 115 cm³/mol. The molecule has 0 saturated carbocycles. The lowest BCUT2D eigenvalue weighted by Crippen LogP contribution is -2.27. The van der Waals surface area contributed by atoms with Crippen molar-refractivity contribution >= 4 is 35.0 Å². The van der Waals surface area contributed by atoms with Gasteiger partial charge in [-0.3, -0.25) is 14.5 Å². The molecule has 1 saturated heterocycles. The smallest absolute Gasteiger partial charge is 0.322 e. The summed E-state index contributed by atoms with van der Waals surface area (Å²) in [6.07, 6.45) is -4.45. The van der Waals surface area contributed by atoms with Crippen molar-refractivity contribution in [2.24, 2.45) is 0 Å². The summed E-state index contributed by atoms with van der Waals surface area (Å²) in [5.41, 5.74) is 1.19. The van der Waals surface area contributed by atoms with Gasteiger partial charge < -0.3 is 5.32 Å². The Morgan fingerprint density at radius 1 is 0.938 bits per heavy atom. The van der Waals surface area contributed by atoms with Gasteiger partial charge in [-0.1, -0.05) is 12.1 Å². The van der Waals surface area contributed by atoms with Crippen molar-refractivity contribution in [3.63, 3.8) is 0 Å². The minimum atomic E-state index is -4.45. The maximum Gasteiger partial charge on any atom is 0.416 e. The molecule has 3 aromatic carbocycles. The highest BCUT2D eigenvalue weighted by molar-refractivity contribution is 8.00. The van der Waals surface area contributed by atoms with Crippen molar-refractivity contribution in [1.29, 1.82) is 0 Å². The van der Waals surface area contributed by atoms with Crippen LogP contribution in [0.15, 0.2) is 72.8 Å². The number of carbonyl (C=O) groups excluding carboxylic acids is 2. The zero-order chi connectivity index (χ0) is 22.9. The number of alkyl halides is 3. The zero-order valence-electron chi connectivity index (χ0n) is 16.4. The van der Waals surface area contributed by atoms with Crippen LogP contribution in [0.2, 0.25) is 0 Å². The van der Waals surface area contributed by atoms with Crippen molar-refractivity contribution in [2.75, 3.05) is 16.0 Å². The first-order chi connectivity index (χ1) is 15.2. The van der Waals surface area contributed by atoms with Gasteiger partial charge in [0.15, 0.2) is 0 Å². The third-order valence-corrected chi connectivity index (χ3v) is 6.11. The van der Waals surface area contributed by atoms with E-state index in [0.29, 0.717) is 16.9 Å². The second kappa shape index (κ2) is 8.66. The molecule has 1 N–H and O–H groups in total. The van der Waals surface area contributed by atoms with Crippen LogP contribution in [0.5, 0.6) is 0 Å². The number of rotatable bonds is 4. The summed E-state index contributed by atoms with van der Waals surface area (Å²) >= 11 is 1.37. The summed E-state index contributed by atoms with van der Waals surface area (Å²) in [4.78, 5) is 26.2. The molecule has 0 spiro atoms. The fourth-order valence-corrected chi connectivity index (χ4v) is 4.47. The molecular weight excluding hydrogens is 444 g/mol. The van der Waals surface area contributed by atoms with Crippen molar-refractivity contribution in [3.05, 3.63) is 95.3 Å². The number of thioether (sulfide) groups is 1. The first kappa shape index (κ1) is 21.9. The summed E-state index contributed by atoms with van der Waals surface area (Å²) in [7, 11) is 0. The Labute approximate surface area is 185 Å². The van der Waals surface area contributed by atoms with Gasteiger partial charge in [0.25, 0.3) is 5.91 Å². The molecule has 0 radical (unpaired) electrons. The van der Waals surface area contributed by atoms with Gasteiger partial charge in [-0.15, -0.1) is 11.8 Å². The maximum absolute atomic E-state index is 13.0. The van der Waals surface area contributed by atoms with Gasteiger partial charge in [-0.05, 0) is 66.2 Å². The van der Waals surface area contributed by atoms with E-state index in [2.05, 4.69) is 5.32 Å². The van der Waals surface area contributed by atoms with Gasteiger partial charge in [0.1, 0.15) is 11.2 Å². The van der Waals surface area contributed by atoms with E-state index in [1.54, 1.807) is 24.3 Å². The number of hydrogen-bond donors (Lipinski definition) is 1. The van der Waals surface area contributed by atoms with Crippen LogP contribution < -0.4 is 10.2 Å². The highest BCUT2D eigenvalue weighted by atomic mass is 32.2. The summed E-state index contributed by atoms with van der Waals surface area (Å²) < 4.78 is 51.5. The van der Waals surface area contributed by atoms with Gasteiger partial charge in [0.05, 0.1) is 11.3 Å². The minimum absolute atomic E-state index is 0.201. The summed E-state index contributed by atoms with van der Waals surface area (Å²) in [6, 6.07) is 16.5. The fourth-order valence-electron chi connectivity index (χ4n) is 3.30. The molecule has 0 bridgehead atoms. The quantitative estimate of drug-likeness (QED) is 0.495. The van der Waals surface area contributed by atoms with Gasteiger partial charge in [-0.2, -0.15) is 13.2 Å². The van der Waals surface area contributed by atoms with E-state index in [4.69, 9.17) is 0 Å². The molecule has 1 fully saturated rings. The molecule has 1 unspecified atom stereocenters. The number of anilines is 2. The number of amides is 2. The average molecular weight is 460 g/mol. The van der Waals surface area contributed by atoms with Crippen LogP contribution in [-0.4, -0.2) is 17.6 Å². The Hall–Kier alpha value is -3.33. The van der Waals surface area contributed by atoms with E-state index in [-0.39, 0.29) is 11.7 Å². The Bertz CT molecular complexity index is 1130. The molecule has 3 aromatic rings. The summed E-state index contributed by atoms with van der Waals surface area (Å²) in [5, 5.41) is 2.31. The van der Waals surface area contributed by atoms with E-state index in [1.165, 1.54) is 53.1 Å². The lowest BCUT2D eigenvalue weighted by Gasteiger charge is -2.25. The number of nitrogens with one attached hydrogen (secondary N) is 1. The Morgan fingerprint density at radius 3 is 2.16 bits per heavy atom. The van der Waals surface area contributed by atoms with E-state index < -0.39 is 28.8 Å². The Balaban J connectivity index is 1.50. The van der Waals surface area contributed by atoms with Gasteiger partial charge in [0, 0.05) is 16.9 Å². The van der Waals surface area contributed by atoms with Gasteiger partial charge in [-0.25, -0.2) is 4.39 Å². The van der Waals surface area contributed by atoms with Crippen molar-refractivity contribution in [3.8, 4) is 0 Å². The molecular formula is C23H16F4N2O2S.